The van der Waals surface area contributed by atoms with Crippen molar-refractivity contribution >= 4 is 39.0 Å². The lowest BCUT2D eigenvalue weighted by molar-refractivity contribution is 0.0293. The third kappa shape index (κ3) is 6.54. The molecule has 2 aromatic heterocycles. The number of pyridine rings is 1. The quantitative estimate of drug-likeness (QED) is 0.424. The number of hydrogen-bond donors (Lipinski definition) is 1. The largest absolute Gasteiger partial charge is 0.497 e. The van der Waals surface area contributed by atoms with Crippen molar-refractivity contribution in [1.29, 1.82) is 0 Å². The molecule has 1 N–H and O–H groups in total. The summed E-state index contributed by atoms with van der Waals surface area (Å²) in [5.41, 5.74) is 3.28. The molecule has 1 amide bonds. The molecule has 1 fully saturated rings. The zero-order valence-electron chi connectivity index (χ0n) is 22.2. The lowest BCUT2D eigenvalue weighted by Crippen LogP contribution is -2.36. The number of hydrogen-bond acceptors (Lipinski definition) is 9. The fraction of sp³-hybridized carbons (Fsp3) is 0.423. The van der Waals surface area contributed by atoms with Crippen LogP contribution in [0.25, 0.3) is 0 Å². The number of likely N-dealkylation sites (tertiary alicyclic amines) is 1. The van der Waals surface area contributed by atoms with Gasteiger partial charge in [0.05, 0.1) is 31.0 Å². The number of carbonyl (C=O) groups excluding carboxylic acids is 1. The van der Waals surface area contributed by atoms with Gasteiger partial charge >= 0.3 is 6.09 Å². The zero-order valence-corrected chi connectivity index (χ0v) is 23.8. The first-order valence-corrected chi connectivity index (χ1v) is 14.6. The van der Waals surface area contributed by atoms with Crippen LogP contribution in [0.3, 0.4) is 0 Å². The smallest absolute Gasteiger partial charge is 0.410 e. The van der Waals surface area contributed by atoms with Crippen LogP contribution in [-0.4, -0.2) is 61.2 Å². The van der Waals surface area contributed by atoms with Crippen molar-refractivity contribution in [1.82, 2.24) is 14.9 Å². The zero-order chi connectivity index (χ0) is 27.5. The number of rotatable bonds is 8. The Labute approximate surface area is 227 Å². The van der Waals surface area contributed by atoms with E-state index in [1.807, 2.05) is 39.8 Å². The van der Waals surface area contributed by atoms with Gasteiger partial charge in [0, 0.05) is 24.5 Å². The summed E-state index contributed by atoms with van der Waals surface area (Å²) in [6.45, 7) is 8.53. The highest BCUT2D eigenvalue weighted by molar-refractivity contribution is 7.92. The Hall–Kier alpha value is -3.38. The molecule has 1 aliphatic heterocycles. The Bertz CT molecular complexity index is 1360. The van der Waals surface area contributed by atoms with E-state index in [-0.39, 0.29) is 23.7 Å². The van der Waals surface area contributed by atoms with Crippen LogP contribution < -0.4 is 14.4 Å². The predicted octanol–water partition coefficient (Wildman–Crippen LogP) is 4.67. The van der Waals surface area contributed by atoms with E-state index in [1.165, 1.54) is 21.8 Å². The van der Waals surface area contributed by atoms with Gasteiger partial charge < -0.3 is 19.7 Å². The average Bonchev–Trinajstić information content (AvgIpc) is 3.55. The summed E-state index contributed by atoms with van der Waals surface area (Å²) < 4.78 is 39.4. The van der Waals surface area contributed by atoms with Gasteiger partial charge in [-0.2, -0.15) is 8.42 Å². The summed E-state index contributed by atoms with van der Waals surface area (Å²) in [5, 5.41) is 5.03. The van der Waals surface area contributed by atoms with E-state index in [0.717, 1.165) is 23.2 Å². The molecule has 12 heteroatoms. The number of anilines is 2. The minimum Gasteiger partial charge on any atom is -0.497 e. The number of carbonyl (C=O) groups is 1. The Kier molecular flexibility index (Phi) is 8.12. The maximum atomic E-state index is 13.7. The van der Waals surface area contributed by atoms with E-state index in [2.05, 4.69) is 15.3 Å². The molecular weight excluding hydrogens is 526 g/mol. The van der Waals surface area contributed by atoms with Gasteiger partial charge in [0.1, 0.15) is 11.4 Å². The molecule has 0 bridgehead atoms. The van der Waals surface area contributed by atoms with Gasteiger partial charge in [-0.05, 0) is 63.4 Å². The van der Waals surface area contributed by atoms with E-state index >= 15 is 0 Å². The van der Waals surface area contributed by atoms with Gasteiger partial charge in [-0.3, -0.25) is 0 Å². The summed E-state index contributed by atoms with van der Waals surface area (Å²) >= 11 is 1.32. The van der Waals surface area contributed by atoms with E-state index in [4.69, 9.17) is 9.47 Å². The molecule has 3 aromatic rings. The maximum absolute atomic E-state index is 13.7. The van der Waals surface area contributed by atoms with Crippen LogP contribution in [0.4, 0.5) is 16.3 Å². The second-order valence-electron chi connectivity index (χ2n) is 10.1. The Morgan fingerprint density at radius 2 is 1.97 bits per heavy atom. The van der Waals surface area contributed by atoms with Gasteiger partial charge in [0.2, 0.25) is 0 Å². The highest BCUT2D eigenvalue weighted by Gasteiger charge is 2.31. The van der Waals surface area contributed by atoms with Crippen LogP contribution in [0.5, 0.6) is 5.75 Å². The van der Waals surface area contributed by atoms with Gasteiger partial charge in [-0.25, -0.2) is 19.1 Å². The molecule has 0 spiro atoms. The highest BCUT2D eigenvalue weighted by Crippen LogP contribution is 2.28. The first-order valence-electron chi connectivity index (χ1n) is 12.2. The number of sulfonamides is 1. The van der Waals surface area contributed by atoms with Crippen LogP contribution in [-0.2, 0) is 21.3 Å². The number of amides is 1. The van der Waals surface area contributed by atoms with Crippen LogP contribution in [0.1, 0.15) is 38.3 Å². The molecule has 1 unspecified atom stereocenters. The second-order valence-corrected chi connectivity index (χ2v) is 12.6. The minimum absolute atomic E-state index is 0.00653. The fourth-order valence-corrected chi connectivity index (χ4v) is 6.05. The lowest BCUT2D eigenvalue weighted by Gasteiger charge is -2.24. The normalized spacial score (nSPS) is 15.8. The molecular formula is C26H33N5O5S2. The minimum atomic E-state index is -4.00. The summed E-state index contributed by atoms with van der Waals surface area (Å²) in [4.78, 5) is 22.6. The number of methoxy groups -OCH3 is 1. The molecule has 0 saturated carbocycles. The third-order valence-electron chi connectivity index (χ3n) is 6.00. The van der Waals surface area contributed by atoms with Crippen molar-refractivity contribution in [2.75, 3.05) is 29.8 Å². The molecule has 10 nitrogen and oxygen atoms in total. The van der Waals surface area contributed by atoms with Crippen molar-refractivity contribution < 1.29 is 22.7 Å². The van der Waals surface area contributed by atoms with Crippen molar-refractivity contribution in [3.8, 4) is 5.75 Å². The number of aromatic nitrogens is 2. The predicted molar refractivity (Wildman–Crippen MR) is 147 cm³/mol. The number of ether oxygens (including phenoxy) is 2. The molecule has 3 heterocycles. The van der Waals surface area contributed by atoms with E-state index < -0.39 is 15.6 Å². The molecule has 4 rings (SSSR count). The van der Waals surface area contributed by atoms with Crippen molar-refractivity contribution in [2.45, 2.75) is 57.3 Å². The van der Waals surface area contributed by atoms with E-state index in [0.29, 0.717) is 24.7 Å². The number of nitrogens with zero attached hydrogens (tertiary/aromatic N) is 4. The van der Waals surface area contributed by atoms with Crippen molar-refractivity contribution in [3.05, 3.63) is 58.5 Å². The summed E-state index contributed by atoms with van der Waals surface area (Å²) in [7, 11) is -2.42. The second kappa shape index (κ2) is 11.2. The first kappa shape index (κ1) is 27.6. The SMILES string of the molecule is COc1ccc(CN(c2cscn2)S(=O)(=O)c2cc(C)c(NC3CCN(C(=O)OC(C)(C)C)C3)cn2)cc1. The Balaban J connectivity index is 1.50. The number of aryl methyl sites for hydroxylation is 1. The number of benzene rings is 1. The molecule has 1 aliphatic rings. The molecule has 1 atom stereocenters. The lowest BCUT2D eigenvalue weighted by atomic mass is 10.2. The highest BCUT2D eigenvalue weighted by atomic mass is 32.2. The fourth-order valence-electron chi connectivity index (χ4n) is 4.04. The number of thiazole rings is 1. The van der Waals surface area contributed by atoms with Gasteiger partial charge in [-0.15, -0.1) is 11.3 Å². The van der Waals surface area contributed by atoms with Gasteiger partial charge in [0.25, 0.3) is 10.0 Å². The molecule has 204 valence electrons. The average molecular weight is 560 g/mol. The monoisotopic (exact) mass is 559 g/mol. The van der Waals surface area contributed by atoms with Gasteiger partial charge in [-0.1, -0.05) is 12.1 Å². The van der Waals surface area contributed by atoms with Crippen LogP contribution >= 0.6 is 11.3 Å². The van der Waals surface area contributed by atoms with Crippen molar-refractivity contribution in [3.63, 3.8) is 0 Å². The summed E-state index contributed by atoms with van der Waals surface area (Å²) in [6, 6.07) is 8.79. The van der Waals surface area contributed by atoms with E-state index in [9.17, 15) is 13.2 Å². The maximum Gasteiger partial charge on any atom is 0.410 e. The Morgan fingerprint density at radius 3 is 2.58 bits per heavy atom. The molecule has 1 aromatic carbocycles. The first-order chi connectivity index (χ1) is 18.0. The topological polar surface area (TPSA) is 114 Å². The standard InChI is InChI=1S/C26H33N5O5S2/c1-18-12-24(27-13-22(18)29-20-10-11-30(15-20)25(32)36-26(2,3)4)38(33,34)31(23-16-37-17-28-23)14-19-6-8-21(35-5)9-7-19/h6-9,12-13,16-17,20,29H,10-11,14-15H2,1-5H3. The van der Waals surface area contributed by atoms with Gasteiger partial charge in [0.15, 0.2) is 10.8 Å². The number of nitrogens with one attached hydrogen (secondary N) is 1. The van der Waals surface area contributed by atoms with Crippen LogP contribution in [0, 0.1) is 6.92 Å². The Morgan fingerprint density at radius 1 is 1.24 bits per heavy atom. The molecule has 1 saturated heterocycles. The molecule has 0 radical (unpaired) electrons. The van der Waals surface area contributed by atoms with Crippen molar-refractivity contribution in [2.24, 2.45) is 0 Å². The van der Waals surface area contributed by atoms with Crippen LogP contribution in [0.15, 0.2) is 52.4 Å². The molecule has 0 aliphatic carbocycles. The summed E-state index contributed by atoms with van der Waals surface area (Å²) in [5.74, 6) is 1.02. The summed E-state index contributed by atoms with van der Waals surface area (Å²) in [6.07, 6.45) is 1.94. The molecule has 38 heavy (non-hydrogen) atoms. The van der Waals surface area contributed by atoms with E-state index in [1.54, 1.807) is 41.1 Å². The van der Waals surface area contributed by atoms with Crippen LogP contribution in [0.2, 0.25) is 0 Å². The third-order valence-corrected chi connectivity index (χ3v) is 8.22.